The van der Waals surface area contributed by atoms with Crippen LogP contribution >= 0.6 is 0 Å². The number of benzene rings is 1. The Morgan fingerprint density at radius 2 is 1.72 bits per heavy atom. The summed E-state index contributed by atoms with van der Waals surface area (Å²) in [6, 6.07) is 5.98. The second-order valence-electron chi connectivity index (χ2n) is 8.64. The minimum atomic E-state index is -0.230. The highest BCUT2D eigenvalue weighted by Crippen LogP contribution is 2.25. The van der Waals surface area contributed by atoms with Crippen LogP contribution in [0.3, 0.4) is 0 Å². The molecule has 0 aliphatic carbocycles. The van der Waals surface area contributed by atoms with Crippen LogP contribution in [-0.2, 0) is 13.0 Å². The van der Waals surface area contributed by atoms with Gasteiger partial charge in [0.15, 0.2) is 11.5 Å². The molecular weight excluding hydrogens is 364 g/mol. The number of aromatic nitrogens is 2. The van der Waals surface area contributed by atoms with Crippen molar-refractivity contribution in [2.24, 2.45) is 5.92 Å². The first kappa shape index (κ1) is 19.7. The molecule has 0 saturated carbocycles. The average molecular weight is 395 g/mol. The van der Waals surface area contributed by atoms with Gasteiger partial charge in [0, 0.05) is 25.3 Å². The molecule has 6 heteroatoms. The smallest absolute Gasteiger partial charge is 0.289 e. The lowest BCUT2D eigenvalue weighted by Gasteiger charge is -2.30. The number of rotatable bonds is 3. The maximum absolute atomic E-state index is 13.2. The molecule has 1 N–H and O–H groups in total. The van der Waals surface area contributed by atoms with E-state index in [4.69, 9.17) is 0 Å². The molecule has 0 atom stereocenters. The number of fused-ring (bicyclic) bond motifs is 1. The van der Waals surface area contributed by atoms with Crippen LogP contribution < -0.4 is 5.32 Å². The molecule has 0 bridgehead atoms. The van der Waals surface area contributed by atoms with Crippen molar-refractivity contribution in [1.29, 1.82) is 0 Å². The quantitative estimate of drug-likeness (QED) is 0.857. The summed E-state index contributed by atoms with van der Waals surface area (Å²) in [7, 11) is 0. The summed E-state index contributed by atoms with van der Waals surface area (Å²) in [5.74, 6) is 0.824. The van der Waals surface area contributed by atoms with Gasteiger partial charge in [0.2, 0.25) is 0 Å². The standard InChI is InChI=1S/C23H30N4O2/c1-15-7-10-26(11-8-15)23(29)21-25-20(19-6-4-5-9-27(19)21)22(28)24-18-13-16(2)12-17(3)14-18/h12-15H,4-11H2,1-3H3,(H,24,28). The summed E-state index contributed by atoms with van der Waals surface area (Å²) < 4.78 is 1.99. The van der Waals surface area contributed by atoms with Gasteiger partial charge in [0.1, 0.15) is 0 Å². The molecule has 154 valence electrons. The zero-order valence-electron chi connectivity index (χ0n) is 17.6. The number of imidazole rings is 1. The molecule has 1 saturated heterocycles. The number of carbonyl (C=O) groups excluding carboxylic acids is 2. The summed E-state index contributed by atoms with van der Waals surface area (Å²) in [6.07, 6.45) is 4.87. The van der Waals surface area contributed by atoms with Crippen molar-refractivity contribution in [3.63, 3.8) is 0 Å². The summed E-state index contributed by atoms with van der Waals surface area (Å²) in [5, 5.41) is 2.99. The predicted octanol–water partition coefficient (Wildman–Crippen LogP) is 3.96. The highest BCUT2D eigenvalue weighted by atomic mass is 16.2. The zero-order valence-corrected chi connectivity index (χ0v) is 17.6. The molecule has 29 heavy (non-hydrogen) atoms. The number of aryl methyl sites for hydroxylation is 2. The summed E-state index contributed by atoms with van der Waals surface area (Å²) >= 11 is 0. The average Bonchev–Trinajstić information content (AvgIpc) is 3.07. The normalized spacial score (nSPS) is 17.1. The van der Waals surface area contributed by atoms with Crippen molar-refractivity contribution >= 4 is 17.5 Å². The van der Waals surface area contributed by atoms with E-state index in [-0.39, 0.29) is 11.8 Å². The number of anilines is 1. The molecule has 2 aliphatic heterocycles. The molecule has 6 nitrogen and oxygen atoms in total. The van der Waals surface area contributed by atoms with E-state index in [1.807, 2.05) is 35.4 Å². The number of nitrogens with one attached hydrogen (secondary N) is 1. The van der Waals surface area contributed by atoms with Gasteiger partial charge in [-0.2, -0.15) is 0 Å². The van der Waals surface area contributed by atoms with Crippen LogP contribution in [0.5, 0.6) is 0 Å². The van der Waals surface area contributed by atoms with Gasteiger partial charge in [-0.25, -0.2) is 4.98 Å². The number of likely N-dealkylation sites (tertiary alicyclic amines) is 1. The van der Waals surface area contributed by atoms with Crippen molar-refractivity contribution in [2.75, 3.05) is 18.4 Å². The molecular formula is C23H30N4O2. The van der Waals surface area contributed by atoms with Crippen LogP contribution in [0.1, 0.15) is 70.5 Å². The third-order valence-electron chi connectivity index (χ3n) is 6.07. The molecule has 0 spiro atoms. The fourth-order valence-corrected chi connectivity index (χ4v) is 4.48. The Morgan fingerprint density at radius 1 is 1.03 bits per heavy atom. The molecule has 2 aliphatic rings. The Labute approximate surface area is 172 Å². The topological polar surface area (TPSA) is 67.2 Å². The van der Waals surface area contributed by atoms with E-state index < -0.39 is 0 Å². The van der Waals surface area contributed by atoms with E-state index >= 15 is 0 Å². The first-order chi connectivity index (χ1) is 13.9. The van der Waals surface area contributed by atoms with Crippen LogP contribution in [0.25, 0.3) is 0 Å². The third-order valence-corrected chi connectivity index (χ3v) is 6.07. The second kappa shape index (κ2) is 8.01. The fourth-order valence-electron chi connectivity index (χ4n) is 4.48. The summed E-state index contributed by atoms with van der Waals surface area (Å²) in [5.41, 5.74) is 4.26. The lowest BCUT2D eigenvalue weighted by molar-refractivity contribution is 0.0678. The van der Waals surface area contributed by atoms with Crippen molar-refractivity contribution < 1.29 is 9.59 Å². The highest BCUT2D eigenvalue weighted by Gasteiger charge is 2.31. The van der Waals surface area contributed by atoms with E-state index in [2.05, 4.69) is 23.3 Å². The van der Waals surface area contributed by atoms with Gasteiger partial charge in [0.25, 0.3) is 11.8 Å². The van der Waals surface area contributed by atoms with Crippen LogP contribution in [-0.4, -0.2) is 39.4 Å². The largest absolute Gasteiger partial charge is 0.336 e. The van der Waals surface area contributed by atoms with E-state index in [0.29, 0.717) is 17.4 Å². The molecule has 0 unspecified atom stereocenters. The SMILES string of the molecule is Cc1cc(C)cc(NC(=O)c2nc(C(=O)N3CCC(C)CC3)n3c2CCCC3)c1. The minimum absolute atomic E-state index is 0.0366. The highest BCUT2D eigenvalue weighted by molar-refractivity contribution is 6.05. The van der Waals surface area contributed by atoms with Crippen LogP contribution in [0, 0.1) is 19.8 Å². The van der Waals surface area contributed by atoms with Crippen molar-refractivity contribution in [1.82, 2.24) is 14.5 Å². The minimum Gasteiger partial charge on any atom is -0.336 e. The molecule has 1 aromatic heterocycles. The number of piperidine rings is 1. The number of nitrogens with zero attached hydrogens (tertiary/aromatic N) is 3. The van der Waals surface area contributed by atoms with Gasteiger partial charge in [-0.1, -0.05) is 13.0 Å². The molecule has 0 radical (unpaired) electrons. The van der Waals surface area contributed by atoms with Gasteiger partial charge in [-0.3, -0.25) is 9.59 Å². The van der Waals surface area contributed by atoms with Gasteiger partial charge in [-0.15, -0.1) is 0 Å². The first-order valence-electron chi connectivity index (χ1n) is 10.7. The predicted molar refractivity (Wildman–Crippen MR) is 113 cm³/mol. The monoisotopic (exact) mass is 394 g/mol. The first-order valence-corrected chi connectivity index (χ1v) is 10.7. The summed E-state index contributed by atoms with van der Waals surface area (Å²) in [6.45, 7) is 8.55. The Morgan fingerprint density at radius 3 is 2.41 bits per heavy atom. The maximum Gasteiger partial charge on any atom is 0.289 e. The number of hydrogen-bond donors (Lipinski definition) is 1. The van der Waals surface area contributed by atoms with Crippen molar-refractivity contribution in [3.05, 3.63) is 46.5 Å². The number of hydrogen-bond acceptors (Lipinski definition) is 3. The lowest BCUT2D eigenvalue weighted by Crippen LogP contribution is -2.39. The van der Waals surface area contributed by atoms with Gasteiger partial charge in [-0.05, 0) is 75.1 Å². The number of amides is 2. The molecule has 1 aromatic carbocycles. The maximum atomic E-state index is 13.2. The van der Waals surface area contributed by atoms with E-state index in [1.165, 1.54) is 0 Å². The Bertz CT molecular complexity index is 918. The Balaban J connectivity index is 1.62. The number of carbonyl (C=O) groups is 2. The lowest BCUT2D eigenvalue weighted by atomic mass is 9.99. The van der Waals surface area contributed by atoms with Crippen LogP contribution in [0.15, 0.2) is 18.2 Å². The van der Waals surface area contributed by atoms with Crippen molar-refractivity contribution in [2.45, 2.75) is 59.4 Å². The zero-order chi connectivity index (χ0) is 20.5. The Kier molecular flexibility index (Phi) is 5.43. The van der Waals surface area contributed by atoms with Crippen LogP contribution in [0.4, 0.5) is 5.69 Å². The molecule has 4 rings (SSSR count). The molecule has 1 fully saturated rings. The van der Waals surface area contributed by atoms with Gasteiger partial charge < -0.3 is 14.8 Å². The second-order valence-corrected chi connectivity index (χ2v) is 8.64. The van der Waals surface area contributed by atoms with Crippen LogP contribution in [0.2, 0.25) is 0 Å². The van der Waals surface area contributed by atoms with E-state index in [0.717, 1.165) is 74.2 Å². The molecule has 2 aromatic rings. The summed E-state index contributed by atoms with van der Waals surface area (Å²) in [4.78, 5) is 32.7. The molecule has 2 amide bonds. The van der Waals surface area contributed by atoms with Crippen molar-refractivity contribution in [3.8, 4) is 0 Å². The fraction of sp³-hybridized carbons (Fsp3) is 0.522. The third kappa shape index (κ3) is 4.07. The Hall–Kier alpha value is -2.63. The van der Waals surface area contributed by atoms with Gasteiger partial charge >= 0.3 is 0 Å². The molecule has 3 heterocycles. The van der Waals surface area contributed by atoms with E-state index in [1.54, 1.807) is 0 Å². The van der Waals surface area contributed by atoms with E-state index in [9.17, 15) is 9.59 Å². The van der Waals surface area contributed by atoms with Gasteiger partial charge in [0.05, 0.1) is 5.69 Å².